The molecule has 6 nitrogen and oxygen atoms in total. The SMILES string of the molecule is CS(=O)(=O)c1nc2cc(NC(=O)c3ccc(Br)cc3)ccc2o1. The molecule has 0 aliphatic carbocycles. The Morgan fingerprint density at radius 3 is 2.52 bits per heavy atom. The van der Waals surface area contributed by atoms with E-state index in [4.69, 9.17) is 4.42 Å². The lowest BCUT2D eigenvalue weighted by atomic mass is 10.2. The third kappa shape index (κ3) is 3.43. The van der Waals surface area contributed by atoms with Crippen molar-refractivity contribution in [3.8, 4) is 0 Å². The predicted octanol–water partition coefficient (Wildman–Crippen LogP) is 3.25. The lowest BCUT2D eigenvalue weighted by Gasteiger charge is -2.05. The molecule has 23 heavy (non-hydrogen) atoms. The number of anilines is 1. The van der Waals surface area contributed by atoms with Gasteiger partial charge in [-0.25, -0.2) is 8.42 Å². The van der Waals surface area contributed by atoms with Gasteiger partial charge >= 0.3 is 5.22 Å². The van der Waals surface area contributed by atoms with Gasteiger partial charge in [-0.3, -0.25) is 4.79 Å². The van der Waals surface area contributed by atoms with Crippen LogP contribution in [0.3, 0.4) is 0 Å². The minimum atomic E-state index is -3.52. The molecule has 1 N–H and O–H groups in total. The fourth-order valence-electron chi connectivity index (χ4n) is 1.95. The minimum Gasteiger partial charge on any atom is -0.428 e. The number of benzene rings is 2. The Kier molecular flexibility index (Phi) is 3.95. The molecule has 0 unspecified atom stereocenters. The third-order valence-corrected chi connectivity index (χ3v) is 4.39. The molecule has 0 saturated carbocycles. The van der Waals surface area contributed by atoms with Crippen LogP contribution in [0.15, 0.2) is 56.6 Å². The number of amides is 1. The molecular formula is C15H11BrN2O4S. The van der Waals surface area contributed by atoms with E-state index < -0.39 is 9.84 Å². The highest BCUT2D eigenvalue weighted by atomic mass is 79.9. The Morgan fingerprint density at radius 1 is 1.17 bits per heavy atom. The van der Waals surface area contributed by atoms with E-state index >= 15 is 0 Å². The Hall–Kier alpha value is -2.19. The highest BCUT2D eigenvalue weighted by Gasteiger charge is 2.16. The van der Waals surface area contributed by atoms with Crippen LogP contribution in [-0.4, -0.2) is 25.6 Å². The Labute approximate surface area is 140 Å². The van der Waals surface area contributed by atoms with Crippen molar-refractivity contribution in [1.29, 1.82) is 0 Å². The molecule has 0 saturated heterocycles. The largest absolute Gasteiger partial charge is 0.428 e. The normalized spacial score (nSPS) is 11.6. The first kappa shape index (κ1) is 15.7. The number of fused-ring (bicyclic) bond motifs is 1. The van der Waals surface area contributed by atoms with Gasteiger partial charge in [0.05, 0.1) is 0 Å². The second kappa shape index (κ2) is 5.78. The van der Waals surface area contributed by atoms with Gasteiger partial charge in [0, 0.05) is 22.0 Å². The average molecular weight is 395 g/mol. The van der Waals surface area contributed by atoms with Crippen molar-refractivity contribution in [2.45, 2.75) is 5.22 Å². The molecule has 0 spiro atoms. The summed E-state index contributed by atoms with van der Waals surface area (Å²) in [7, 11) is -3.52. The summed E-state index contributed by atoms with van der Waals surface area (Å²) in [5.74, 6) is -0.274. The zero-order valence-corrected chi connectivity index (χ0v) is 14.3. The van der Waals surface area contributed by atoms with Crippen molar-refractivity contribution in [1.82, 2.24) is 4.98 Å². The molecule has 0 bridgehead atoms. The zero-order valence-electron chi connectivity index (χ0n) is 11.9. The third-order valence-electron chi connectivity index (χ3n) is 3.05. The summed E-state index contributed by atoms with van der Waals surface area (Å²) in [5, 5.41) is 2.39. The summed E-state index contributed by atoms with van der Waals surface area (Å²) in [6.07, 6.45) is 1.02. The summed E-state index contributed by atoms with van der Waals surface area (Å²) < 4.78 is 28.9. The molecule has 2 aromatic carbocycles. The molecule has 1 heterocycles. The number of hydrogen-bond acceptors (Lipinski definition) is 5. The van der Waals surface area contributed by atoms with Crippen LogP contribution >= 0.6 is 15.9 Å². The van der Waals surface area contributed by atoms with E-state index in [1.165, 1.54) is 0 Å². The van der Waals surface area contributed by atoms with Crippen molar-refractivity contribution in [3.05, 3.63) is 52.5 Å². The number of halogens is 1. The number of nitrogens with zero attached hydrogens (tertiary/aromatic N) is 1. The number of aromatic nitrogens is 1. The van der Waals surface area contributed by atoms with E-state index in [2.05, 4.69) is 26.2 Å². The van der Waals surface area contributed by atoms with Gasteiger partial charge in [-0.1, -0.05) is 15.9 Å². The Morgan fingerprint density at radius 2 is 1.87 bits per heavy atom. The van der Waals surface area contributed by atoms with Crippen LogP contribution in [-0.2, 0) is 9.84 Å². The molecule has 0 radical (unpaired) electrons. The van der Waals surface area contributed by atoms with Crippen LogP contribution < -0.4 is 5.32 Å². The van der Waals surface area contributed by atoms with Gasteiger partial charge < -0.3 is 9.73 Å². The Bertz CT molecular complexity index is 994. The fourth-order valence-corrected chi connectivity index (χ4v) is 2.72. The zero-order chi connectivity index (χ0) is 16.6. The predicted molar refractivity (Wildman–Crippen MR) is 89.2 cm³/mol. The molecule has 3 aromatic rings. The van der Waals surface area contributed by atoms with Crippen LogP contribution in [0, 0.1) is 0 Å². The molecule has 0 aliphatic rings. The minimum absolute atomic E-state index is 0.274. The second-order valence-corrected chi connectivity index (χ2v) is 7.70. The molecule has 0 atom stereocenters. The molecule has 0 aliphatic heterocycles. The van der Waals surface area contributed by atoms with Gasteiger partial charge in [-0.15, -0.1) is 0 Å². The van der Waals surface area contributed by atoms with Crippen molar-refractivity contribution in [3.63, 3.8) is 0 Å². The molecule has 118 valence electrons. The fraction of sp³-hybridized carbons (Fsp3) is 0.0667. The van der Waals surface area contributed by atoms with E-state index in [0.717, 1.165) is 10.7 Å². The number of oxazole rings is 1. The number of carbonyl (C=O) groups excluding carboxylic acids is 1. The summed E-state index contributed by atoms with van der Waals surface area (Å²) in [5.41, 5.74) is 1.70. The van der Waals surface area contributed by atoms with Gasteiger partial charge in [0.15, 0.2) is 5.58 Å². The molecule has 1 amide bonds. The highest BCUT2D eigenvalue weighted by Crippen LogP contribution is 2.22. The van der Waals surface area contributed by atoms with Gasteiger partial charge in [-0.05, 0) is 42.5 Å². The number of sulfone groups is 1. The number of nitrogens with one attached hydrogen (secondary N) is 1. The monoisotopic (exact) mass is 394 g/mol. The lowest BCUT2D eigenvalue weighted by molar-refractivity contribution is 0.102. The van der Waals surface area contributed by atoms with E-state index in [0.29, 0.717) is 22.4 Å². The average Bonchev–Trinajstić information content (AvgIpc) is 2.91. The molecule has 3 rings (SSSR count). The maximum Gasteiger partial charge on any atom is 0.315 e. The lowest BCUT2D eigenvalue weighted by Crippen LogP contribution is -2.11. The van der Waals surface area contributed by atoms with Crippen molar-refractivity contribution in [2.24, 2.45) is 0 Å². The molecule has 1 aromatic heterocycles. The topological polar surface area (TPSA) is 89.3 Å². The maximum atomic E-state index is 12.2. The standard InChI is InChI=1S/C15H11BrN2O4S/c1-23(20,21)15-18-12-8-11(6-7-13(12)22-15)17-14(19)9-2-4-10(16)5-3-9/h2-8H,1H3,(H,17,19). The first-order valence-electron chi connectivity index (χ1n) is 6.50. The van der Waals surface area contributed by atoms with Crippen molar-refractivity contribution in [2.75, 3.05) is 11.6 Å². The summed E-state index contributed by atoms with van der Waals surface area (Å²) in [6, 6.07) is 11.7. The van der Waals surface area contributed by atoms with Gasteiger partial charge in [0.25, 0.3) is 5.91 Å². The van der Waals surface area contributed by atoms with Crippen molar-refractivity contribution >= 4 is 48.5 Å². The van der Waals surface area contributed by atoms with Gasteiger partial charge in [0.2, 0.25) is 9.84 Å². The molecular weight excluding hydrogens is 384 g/mol. The summed E-state index contributed by atoms with van der Waals surface area (Å²) in [6.45, 7) is 0. The quantitative estimate of drug-likeness (QED) is 0.736. The van der Waals surface area contributed by atoms with Crippen LogP contribution in [0.2, 0.25) is 0 Å². The van der Waals surface area contributed by atoms with Crippen LogP contribution in [0.5, 0.6) is 0 Å². The van der Waals surface area contributed by atoms with E-state index in [-0.39, 0.29) is 11.1 Å². The van der Waals surface area contributed by atoms with E-state index in [1.54, 1.807) is 42.5 Å². The number of rotatable bonds is 3. The van der Waals surface area contributed by atoms with Crippen LogP contribution in [0.4, 0.5) is 5.69 Å². The Balaban J connectivity index is 1.88. The number of hydrogen-bond donors (Lipinski definition) is 1. The molecule has 0 fully saturated rings. The van der Waals surface area contributed by atoms with Crippen molar-refractivity contribution < 1.29 is 17.6 Å². The van der Waals surface area contributed by atoms with Crippen LogP contribution in [0.1, 0.15) is 10.4 Å². The smallest absolute Gasteiger partial charge is 0.315 e. The summed E-state index contributed by atoms with van der Waals surface area (Å²) >= 11 is 3.31. The number of carbonyl (C=O) groups is 1. The van der Waals surface area contributed by atoms with Gasteiger partial charge in [0.1, 0.15) is 5.52 Å². The highest BCUT2D eigenvalue weighted by molar-refractivity contribution is 9.10. The molecule has 8 heteroatoms. The van der Waals surface area contributed by atoms with E-state index in [1.807, 2.05) is 0 Å². The van der Waals surface area contributed by atoms with Crippen LogP contribution in [0.25, 0.3) is 11.1 Å². The second-order valence-electron chi connectivity index (χ2n) is 4.90. The first-order chi connectivity index (χ1) is 10.8. The van der Waals surface area contributed by atoms with E-state index in [9.17, 15) is 13.2 Å². The summed E-state index contributed by atoms with van der Waals surface area (Å²) in [4.78, 5) is 16.1. The maximum absolute atomic E-state index is 12.2. The first-order valence-corrected chi connectivity index (χ1v) is 9.19. The van der Waals surface area contributed by atoms with Gasteiger partial charge in [-0.2, -0.15) is 4.98 Å².